The van der Waals surface area contributed by atoms with E-state index in [0.29, 0.717) is 6.42 Å². The average molecular weight is 261 g/mol. The molecule has 0 bridgehead atoms. The monoisotopic (exact) mass is 260 g/mol. The van der Waals surface area contributed by atoms with E-state index in [1.807, 2.05) is 6.08 Å². The zero-order valence-corrected chi connectivity index (χ0v) is 11.3. The minimum absolute atomic E-state index is 0.256. The fourth-order valence-corrected chi connectivity index (χ4v) is 1.16. The minimum Gasteiger partial charge on any atom is -0.300 e. The number of ketones is 1. The first-order chi connectivity index (χ1) is 8.77. The van der Waals surface area contributed by atoms with Gasteiger partial charge in [0.2, 0.25) is 0 Å². The predicted octanol–water partition coefficient (Wildman–Crippen LogP) is 4.01. The lowest BCUT2D eigenvalue weighted by Gasteiger charge is -1.92. The molecular formula is C16H17ClO. The van der Waals surface area contributed by atoms with Gasteiger partial charge in [-0.05, 0) is 50.2 Å². The van der Waals surface area contributed by atoms with Crippen LogP contribution in [-0.4, -0.2) is 5.78 Å². The van der Waals surface area contributed by atoms with Crippen molar-refractivity contribution < 1.29 is 4.79 Å². The number of Topliss-reactive ketones (excluding diaryl/α,β-unsaturated/α-hetero) is 1. The van der Waals surface area contributed by atoms with Gasteiger partial charge in [0.25, 0.3) is 0 Å². The van der Waals surface area contributed by atoms with Gasteiger partial charge in [0.1, 0.15) is 5.78 Å². The van der Waals surface area contributed by atoms with E-state index < -0.39 is 0 Å². The molecule has 1 nitrogen and oxygen atoms in total. The predicted molar refractivity (Wildman–Crippen MR) is 78.0 cm³/mol. The molecule has 0 spiro atoms. The molecule has 0 atom stereocenters. The van der Waals surface area contributed by atoms with E-state index in [1.165, 1.54) is 5.54 Å². The highest BCUT2D eigenvalue weighted by molar-refractivity contribution is 6.25. The van der Waals surface area contributed by atoms with Crippen molar-refractivity contribution in [2.24, 2.45) is 0 Å². The Kier molecular flexibility index (Phi) is 12.1. The lowest BCUT2D eigenvalue weighted by atomic mass is 10.1. The molecular weight excluding hydrogens is 244 g/mol. The number of halogens is 1. The average Bonchev–Trinajstić information content (AvgIpc) is 2.34. The van der Waals surface area contributed by atoms with Gasteiger partial charge in [0.05, 0.1) is 0 Å². The van der Waals surface area contributed by atoms with Gasteiger partial charge in [-0.1, -0.05) is 41.7 Å². The topological polar surface area (TPSA) is 17.1 Å². The summed E-state index contributed by atoms with van der Waals surface area (Å²) in [6.45, 7) is 1.62. The number of carbonyl (C=O) groups excluding carboxylic acids is 1. The summed E-state index contributed by atoms with van der Waals surface area (Å²) in [5, 5.41) is 0. The van der Waals surface area contributed by atoms with Crippen molar-refractivity contribution in [2.45, 2.75) is 32.6 Å². The van der Waals surface area contributed by atoms with Crippen LogP contribution in [0.5, 0.6) is 0 Å². The van der Waals surface area contributed by atoms with Crippen LogP contribution < -0.4 is 0 Å². The van der Waals surface area contributed by atoms with Gasteiger partial charge in [-0.25, -0.2) is 0 Å². The molecule has 0 fully saturated rings. The number of unbranched alkanes of at least 4 members (excludes halogenated alkanes) is 2. The van der Waals surface area contributed by atoms with Crippen LogP contribution in [-0.2, 0) is 4.79 Å². The number of hydrogen-bond donors (Lipinski definition) is 0. The highest BCUT2D eigenvalue weighted by Gasteiger charge is 1.90. The summed E-state index contributed by atoms with van der Waals surface area (Å²) >= 11 is 5.32. The lowest BCUT2D eigenvalue weighted by Crippen LogP contribution is -1.88. The van der Waals surface area contributed by atoms with Gasteiger partial charge in [-0.15, -0.1) is 0 Å². The largest absolute Gasteiger partial charge is 0.300 e. The minimum atomic E-state index is 0.256. The smallest absolute Gasteiger partial charge is 0.129 e. The standard InChI is InChI=1S/C16H17ClO/c1-16(18)14-12-10-8-6-4-2-3-5-7-9-11-13-15-17/h4,6,9,11,13,15H,8,10,12,14H2,1H3/b6-4-,11-9+,15-13-. The fraction of sp³-hybridized carbons (Fsp3) is 0.312. The molecule has 0 heterocycles. The van der Waals surface area contributed by atoms with Crippen molar-refractivity contribution in [1.29, 1.82) is 0 Å². The van der Waals surface area contributed by atoms with Crippen molar-refractivity contribution in [2.75, 3.05) is 0 Å². The molecule has 0 radical (unpaired) electrons. The molecule has 94 valence electrons. The lowest BCUT2D eigenvalue weighted by molar-refractivity contribution is -0.117. The zero-order valence-electron chi connectivity index (χ0n) is 10.6. The summed E-state index contributed by atoms with van der Waals surface area (Å²) in [5.74, 6) is 11.2. The highest BCUT2D eigenvalue weighted by atomic mass is 35.5. The zero-order chi connectivity index (χ0) is 13.5. The Morgan fingerprint density at radius 1 is 1.11 bits per heavy atom. The molecule has 0 aliphatic rings. The van der Waals surface area contributed by atoms with Crippen LogP contribution in [0.2, 0.25) is 0 Å². The Labute approximate surface area is 115 Å². The third-order valence-corrected chi connectivity index (χ3v) is 2.07. The first-order valence-electron chi connectivity index (χ1n) is 5.84. The molecule has 0 aliphatic heterocycles. The molecule has 0 aromatic heterocycles. The van der Waals surface area contributed by atoms with E-state index in [1.54, 1.807) is 31.2 Å². The maximum absolute atomic E-state index is 10.7. The number of rotatable bonds is 6. The summed E-state index contributed by atoms with van der Waals surface area (Å²) in [5.41, 5.74) is 1.42. The fourth-order valence-electron chi connectivity index (χ4n) is 1.08. The first kappa shape index (κ1) is 16.3. The van der Waals surface area contributed by atoms with Gasteiger partial charge in [0.15, 0.2) is 0 Å². The van der Waals surface area contributed by atoms with E-state index in [9.17, 15) is 4.79 Å². The second-order valence-electron chi connectivity index (χ2n) is 3.57. The van der Waals surface area contributed by atoms with E-state index in [0.717, 1.165) is 19.3 Å². The summed E-state index contributed by atoms with van der Waals surface area (Å²) in [6.07, 6.45) is 12.5. The van der Waals surface area contributed by atoms with Crippen LogP contribution in [0.15, 0.2) is 35.9 Å². The summed E-state index contributed by atoms with van der Waals surface area (Å²) < 4.78 is 0. The Balaban J connectivity index is 3.66. The van der Waals surface area contributed by atoms with E-state index in [2.05, 4.69) is 23.7 Å². The van der Waals surface area contributed by atoms with Crippen LogP contribution >= 0.6 is 11.6 Å². The molecule has 0 aromatic rings. The van der Waals surface area contributed by atoms with Gasteiger partial charge < -0.3 is 4.79 Å². The molecule has 0 aliphatic carbocycles. The van der Waals surface area contributed by atoms with Crippen molar-refractivity contribution in [3.63, 3.8) is 0 Å². The summed E-state index contributed by atoms with van der Waals surface area (Å²) in [7, 11) is 0. The van der Waals surface area contributed by atoms with E-state index in [-0.39, 0.29) is 5.78 Å². The van der Waals surface area contributed by atoms with Crippen LogP contribution in [0.4, 0.5) is 0 Å². The highest BCUT2D eigenvalue weighted by Crippen LogP contribution is 2.00. The van der Waals surface area contributed by atoms with Crippen molar-refractivity contribution in [3.05, 3.63) is 35.9 Å². The molecule has 0 saturated heterocycles. The van der Waals surface area contributed by atoms with Crippen LogP contribution in [0.25, 0.3) is 0 Å². The molecule has 0 unspecified atom stereocenters. The summed E-state index contributed by atoms with van der Waals surface area (Å²) in [6, 6.07) is 0. The SMILES string of the molecule is CC(=O)CCCC/C=C\C#CC#C/C=C/C=C\Cl. The molecule has 0 N–H and O–H groups in total. The molecule has 0 amide bonds. The van der Waals surface area contributed by atoms with Gasteiger partial charge >= 0.3 is 0 Å². The molecule has 0 saturated carbocycles. The Hall–Kier alpha value is -1.70. The van der Waals surface area contributed by atoms with Crippen LogP contribution in [0.3, 0.4) is 0 Å². The van der Waals surface area contributed by atoms with Crippen LogP contribution in [0, 0.1) is 23.7 Å². The first-order valence-corrected chi connectivity index (χ1v) is 6.28. The van der Waals surface area contributed by atoms with E-state index in [4.69, 9.17) is 11.6 Å². The second kappa shape index (κ2) is 13.4. The molecule has 18 heavy (non-hydrogen) atoms. The van der Waals surface area contributed by atoms with Gasteiger partial charge in [0, 0.05) is 12.0 Å². The third kappa shape index (κ3) is 14.3. The Morgan fingerprint density at radius 3 is 2.50 bits per heavy atom. The third-order valence-electron chi connectivity index (χ3n) is 1.92. The van der Waals surface area contributed by atoms with Crippen molar-refractivity contribution in [1.82, 2.24) is 0 Å². The van der Waals surface area contributed by atoms with Crippen molar-refractivity contribution >= 4 is 17.4 Å². The van der Waals surface area contributed by atoms with Crippen LogP contribution in [0.1, 0.15) is 32.6 Å². The quantitative estimate of drug-likeness (QED) is 0.401. The molecule has 0 aromatic carbocycles. The normalized spacial score (nSPS) is 10.3. The van der Waals surface area contributed by atoms with Gasteiger partial charge in [-0.3, -0.25) is 0 Å². The molecule has 2 heteroatoms. The van der Waals surface area contributed by atoms with E-state index >= 15 is 0 Å². The maximum Gasteiger partial charge on any atom is 0.129 e. The second-order valence-corrected chi connectivity index (χ2v) is 3.82. The Bertz CT molecular complexity index is 433. The maximum atomic E-state index is 10.7. The number of hydrogen-bond acceptors (Lipinski definition) is 1. The Morgan fingerprint density at radius 2 is 1.83 bits per heavy atom. The molecule has 0 rings (SSSR count). The van der Waals surface area contributed by atoms with Gasteiger partial charge in [-0.2, -0.15) is 0 Å². The number of allylic oxidation sites excluding steroid dienone is 5. The number of carbonyl (C=O) groups is 1. The summed E-state index contributed by atoms with van der Waals surface area (Å²) in [4.78, 5) is 10.7. The van der Waals surface area contributed by atoms with Crippen molar-refractivity contribution in [3.8, 4) is 23.7 Å².